The van der Waals surface area contributed by atoms with E-state index in [1.807, 2.05) is 0 Å². The molecule has 22 heavy (non-hydrogen) atoms. The first-order valence-electron chi connectivity index (χ1n) is 7.79. The molecule has 0 unspecified atom stereocenters. The van der Waals surface area contributed by atoms with Crippen LogP contribution in [0, 0.1) is 0 Å². The lowest BCUT2D eigenvalue weighted by atomic mass is 9.97. The second-order valence-corrected chi connectivity index (χ2v) is 5.91. The molecular weight excluding hydrogens is 282 g/mol. The van der Waals surface area contributed by atoms with Crippen molar-refractivity contribution in [3.8, 4) is 5.88 Å². The van der Waals surface area contributed by atoms with E-state index in [2.05, 4.69) is 25.1 Å². The van der Waals surface area contributed by atoms with Crippen LogP contribution in [0.3, 0.4) is 0 Å². The van der Waals surface area contributed by atoms with Crippen LogP contribution in [0.5, 0.6) is 5.88 Å². The Morgan fingerprint density at radius 2 is 1.77 bits per heavy atom. The van der Waals surface area contributed by atoms with E-state index >= 15 is 0 Å². The standard InChI is InChI=1S/C15H19N5O2/c1-21-12-4-7-16-15(17-12)20-8-5-11(6-9-20)14-19-18-13(22-14)10-2-3-10/h4,7,10-11H,2-3,5-6,8-9H2,1H3. The van der Waals surface area contributed by atoms with Gasteiger partial charge in [-0.05, 0) is 25.7 Å². The number of hydrogen-bond donors (Lipinski definition) is 0. The molecule has 2 aliphatic rings. The van der Waals surface area contributed by atoms with Crippen LogP contribution >= 0.6 is 0 Å². The fourth-order valence-corrected chi connectivity index (χ4v) is 2.83. The van der Waals surface area contributed by atoms with E-state index in [9.17, 15) is 0 Å². The summed E-state index contributed by atoms with van der Waals surface area (Å²) in [5.74, 6) is 3.81. The number of ether oxygens (including phenoxy) is 1. The van der Waals surface area contributed by atoms with Crippen LogP contribution in [0.2, 0.25) is 0 Å². The zero-order valence-corrected chi connectivity index (χ0v) is 12.6. The van der Waals surface area contributed by atoms with Crippen molar-refractivity contribution in [1.29, 1.82) is 0 Å². The van der Waals surface area contributed by atoms with Gasteiger partial charge in [0.1, 0.15) is 0 Å². The van der Waals surface area contributed by atoms with Gasteiger partial charge in [0, 0.05) is 37.2 Å². The SMILES string of the molecule is COc1ccnc(N2CCC(c3nnc(C4CC4)o3)CC2)n1. The smallest absolute Gasteiger partial charge is 0.228 e. The summed E-state index contributed by atoms with van der Waals surface area (Å²) in [5.41, 5.74) is 0. The summed E-state index contributed by atoms with van der Waals surface area (Å²) >= 11 is 0. The predicted molar refractivity (Wildman–Crippen MR) is 79.0 cm³/mol. The van der Waals surface area contributed by atoms with E-state index in [-0.39, 0.29) is 0 Å². The maximum atomic E-state index is 5.83. The first-order chi connectivity index (χ1) is 10.8. The molecule has 0 amide bonds. The van der Waals surface area contributed by atoms with Gasteiger partial charge in [-0.1, -0.05) is 0 Å². The molecular formula is C15H19N5O2. The molecule has 7 nitrogen and oxygen atoms in total. The van der Waals surface area contributed by atoms with Crippen molar-refractivity contribution >= 4 is 5.95 Å². The van der Waals surface area contributed by atoms with Crippen LogP contribution in [0.4, 0.5) is 5.95 Å². The predicted octanol–water partition coefficient (Wildman–Crippen LogP) is 2.13. The van der Waals surface area contributed by atoms with Crippen LogP contribution in [-0.2, 0) is 0 Å². The first-order valence-corrected chi connectivity index (χ1v) is 7.79. The molecule has 0 radical (unpaired) electrons. The zero-order chi connectivity index (χ0) is 14.9. The molecule has 2 aromatic rings. The summed E-state index contributed by atoms with van der Waals surface area (Å²) in [6.07, 6.45) is 6.06. The molecule has 1 aliphatic carbocycles. The number of methoxy groups -OCH3 is 1. The van der Waals surface area contributed by atoms with Gasteiger partial charge in [0.05, 0.1) is 7.11 Å². The molecule has 0 spiro atoms. The Morgan fingerprint density at radius 1 is 1.09 bits per heavy atom. The summed E-state index contributed by atoms with van der Waals surface area (Å²) in [4.78, 5) is 10.9. The third-order valence-electron chi connectivity index (χ3n) is 4.34. The van der Waals surface area contributed by atoms with E-state index in [0.29, 0.717) is 17.7 Å². The molecule has 1 aliphatic heterocycles. The second-order valence-electron chi connectivity index (χ2n) is 5.91. The van der Waals surface area contributed by atoms with Crippen LogP contribution in [0.15, 0.2) is 16.7 Å². The summed E-state index contributed by atoms with van der Waals surface area (Å²) < 4.78 is 11.0. The molecule has 2 fully saturated rings. The Labute approximate surface area is 128 Å². The van der Waals surface area contributed by atoms with Crippen LogP contribution < -0.4 is 9.64 Å². The summed E-state index contributed by atoms with van der Waals surface area (Å²) in [7, 11) is 1.62. The van der Waals surface area contributed by atoms with Gasteiger partial charge >= 0.3 is 0 Å². The fraction of sp³-hybridized carbons (Fsp3) is 0.600. The van der Waals surface area contributed by atoms with Crippen LogP contribution in [0.25, 0.3) is 0 Å². The molecule has 0 N–H and O–H groups in total. The van der Waals surface area contributed by atoms with E-state index in [0.717, 1.165) is 43.7 Å². The van der Waals surface area contributed by atoms with E-state index in [1.165, 1.54) is 12.8 Å². The number of aromatic nitrogens is 4. The van der Waals surface area contributed by atoms with E-state index in [1.54, 1.807) is 19.4 Å². The highest BCUT2D eigenvalue weighted by molar-refractivity contribution is 5.32. The minimum absolute atomic E-state index is 0.349. The minimum atomic E-state index is 0.349. The molecule has 4 rings (SSSR count). The molecule has 0 bridgehead atoms. The highest BCUT2D eigenvalue weighted by Gasteiger charge is 2.32. The highest BCUT2D eigenvalue weighted by atomic mass is 16.5. The van der Waals surface area contributed by atoms with Gasteiger partial charge < -0.3 is 14.1 Å². The highest BCUT2D eigenvalue weighted by Crippen LogP contribution is 2.40. The van der Waals surface area contributed by atoms with Gasteiger partial charge in [-0.25, -0.2) is 4.98 Å². The molecule has 1 saturated heterocycles. The van der Waals surface area contributed by atoms with Crippen LogP contribution in [-0.4, -0.2) is 40.4 Å². The van der Waals surface area contributed by atoms with Gasteiger partial charge in [0.2, 0.25) is 23.6 Å². The lowest BCUT2D eigenvalue weighted by molar-refractivity contribution is 0.372. The fourth-order valence-electron chi connectivity index (χ4n) is 2.83. The maximum Gasteiger partial charge on any atom is 0.228 e. The summed E-state index contributed by atoms with van der Waals surface area (Å²) in [6.45, 7) is 1.78. The van der Waals surface area contributed by atoms with Crippen molar-refractivity contribution in [3.05, 3.63) is 24.0 Å². The monoisotopic (exact) mass is 301 g/mol. The Hall–Kier alpha value is -2.18. The quantitative estimate of drug-likeness (QED) is 0.856. The Kier molecular flexibility index (Phi) is 3.40. The minimum Gasteiger partial charge on any atom is -0.481 e. The molecule has 0 aromatic carbocycles. The number of piperidine rings is 1. The average Bonchev–Trinajstić information content (AvgIpc) is 3.32. The lowest BCUT2D eigenvalue weighted by Crippen LogP contribution is -2.34. The Bertz CT molecular complexity index is 647. The average molecular weight is 301 g/mol. The van der Waals surface area contributed by atoms with Crippen molar-refractivity contribution < 1.29 is 9.15 Å². The molecule has 0 atom stereocenters. The van der Waals surface area contributed by atoms with Gasteiger partial charge in [0.15, 0.2) is 0 Å². The summed E-state index contributed by atoms with van der Waals surface area (Å²) in [5, 5.41) is 8.42. The number of anilines is 1. The molecule has 1 saturated carbocycles. The lowest BCUT2D eigenvalue weighted by Gasteiger charge is -2.30. The molecule has 2 aromatic heterocycles. The largest absolute Gasteiger partial charge is 0.481 e. The zero-order valence-electron chi connectivity index (χ0n) is 12.6. The molecule has 7 heteroatoms. The second kappa shape index (κ2) is 5.55. The summed E-state index contributed by atoms with van der Waals surface area (Å²) in [6, 6.07) is 1.76. The number of rotatable bonds is 4. The number of hydrogen-bond acceptors (Lipinski definition) is 7. The Balaban J connectivity index is 1.40. The van der Waals surface area contributed by atoms with Gasteiger partial charge in [-0.3, -0.25) is 0 Å². The van der Waals surface area contributed by atoms with Crippen LogP contribution in [0.1, 0.15) is 49.3 Å². The van der Waals surface area contributed by atoms with E-state index < -0.39 is 0 Å². The molecule has 116 valence electrons. The van der Waals surface area contributed by atoms with E-state index in [4.69, 9.17) is 9.15 Å². The van der Waals surface area contributed by atoms with Crippen molar-refractivity contribution in [1.82, 2.24) is 20.2 Å². The third-order valence-corrected chi connectivity index (χ3v) is 4.34. The topological polar surface area (TPSA) is 77.2 Å². The van der Waals surface area contributed by atoms with Crippen molar-refractivity contribution in [3.63, 3.8) is 0 Å². The number of nitrogens with zero attached hydrogens (tertiary/aromatic N) is 5. The van der Waals surface area contributed by atoms with Crippen molar-refractivity contribution in [2.24, 2.45) is 0 Å². The van der Waals surface area contributed by atoms with Crippen molar-refractivity contribution in [2.45, 2.75) is 37.5 Å². The Morgan fingerprint density at radius 3 is 2.41 bits per heavy atom. The van der Waals surface area contributed by atoms with Gasteiger partial charge in [-0.15, -0.1) is 10.2 Å². The maximum absolute atomic E-state index is 5.83. The van der Waals surface area contributed by atoms with Gasteiger partial charge in [-0.2, -0.15) is 4.98 Å². The first kappa shape index (κ1) is 13.5. The normalized spacial score (nSPS) is 19.4. The van der Waals surface area contributed by atoms with Crippen molar-refractivity contribution in [2.75, 3.05) is 25.1 Å². The van der Waals surface area contributed by atoms with Gasteiger partial charge in [0.25, 0.3) is 0 Å². The molecule has 3 heterocycles. The third kappa shape index (κ3) is 2.63.